The van der Waals surface area contributed by atoms with Crippen molar-refractivity contribution in [3.63, 3.8) is 0 Å². The van der Waals surface area contributed by atoms with E-state index in [9.17, 15) is 0 Å². The van der Waals surface area contributed by atoms with E-state index in [1.807, 2.05) is 0 Å². The minimum Gasteiger partial charge on any atom is -0.403 e. The molecule has 0 saturated carbocycles. The Morgan fingerprint density at radius 3 is 1.21 bits per heavy atom. The molecular weight excluding hydrogens is 302 g/mol. The van der Waals surface area contributed by atoms with Gasteiger partial charge in [-0.05, 0) is 61.3 Å². The van der Waals surface area contributed by atoms with Crippen LogP contribution in [0.3, 0.4) is 0 Å². The maximum absolute atomic E-state index is 6.36. The Hall–Kier alpha value is -0.0301. The minimum atomic E-state index is -0.342. The van der Waals surface area contributed by atoms with Gasteiger partial charge in [-0.3, -0.25) is 0 Å². The van der Waals surface area contributed by atoms with Gasteiger partial charge in [0.1, 0.15) is 0 Å². The van der Waals surface area contributed by atoms with Crippen LogP contribution in [0, 0.1) is 5.92 Å². The van der Waals surface area contributed by atoms with Gasteiger partial charge in [-0.1, -0.05) is 26.7 Å². The predicted octanol–water partition coefficient (Wildman–Crippen LogP) is 4.52. The molecule has 138 valence electrons. The second-order valence-electron chi connectivity index (χ2n) is 9.59. The van der Waals surface area contributed by atoms with Crippen molar-refractivity contribution < 1.29 is 18.6 Å². The van der Waals surface area contributed by atoms with E-state index < -0.39 is 0 Å². The maximum Gasteiger partial charge on any atom is 0.459 e. The first kappa shape index (κ1) is 20.3. The van der Waals surface area contributed by atoms with Crippen molar-refractivity contribution >= 4 is 14.2 Å². The molecule has 1 unspecified atom stereocenters. The van der Waals surface area contributed by atoms with Gasteiger partial charge in [0.05, 0.1) is 22.4 Å². The minimum absolute atomic E-state index is 0.0482. The molecule has 0 radical (unpaired) electrons. The van der Waals surface area contributed by atoms with Crippen LogP contribution in [0.4, 0.5) is 0 Å². The van der Waals surface area contributed by atoms with Crippen LogP contribution in [0.1, 0.15) is 82.1 Å². The summed E-state index contributed by atoms with van der Waals surface area (Å²) in [4.78, 5) is 0. The lowest BCUT2D eigenvalue weighted by Crippen LogP contribution is -2.42. The highest BCUT2D eigenvalue weighted by Crippen LogP contribution is 2.48. The smallest absolute Gasteiger partial charge is 0.403 e. The molecule has 1 atom stereocenters. The summed E-state index contributed by atoms with van der Waals surface area (Å²) in [6.07, 6.45) is 2.22. The van der Waals surface area contributed by atoms with Gasteiger partial charge in [0.15, 0.2) is 0 Å². The van der Waals surface area contributed by atoms with Crippen LogP contribution >= 0.6 is 0 Å². The highest BCUT2D eigenvalue weighted by atomic mass is 16.7. The zero-order valence-electron chi connectivity index (χ0n) is 17.4. The summed E-state index contributed by atoms with van der Waals surface area (Å²) in [6.45, 7) is 21.2. The van der Waals surface area contributed by atoms with Crippen LogP contribution in [-0.4, -0.2) is 36.6 Å². The second-order valence-corrected chi connectivity index (χ2v) is 9.59. The van der Waals surface area contributed by atoms with Crippen LogP contribution in [0.5, 0.6) is 0 Å². The monoisotopic (exact) mass is 338 g/mol. The lowest BCUT2D eigenvalue weighted by Gasteiger charge is -2.32. The molecule has 2 aliphatic heterocycles. The summed E-state index contributed by atoms with van der Waals surface area (Å²) in [5.41, 5.74) is -1.32. The van der Waals surface area contributed by atoms with Gasteiger partial charge in [0.2, 0.25) is 0 Å². The van der Waals surface area contributed by atoms with E-state index in [2.05, 4.69) is 69.2 Å². The average molecular weight is 338 g/mol. The predicted molar refractivity (Wildman–Crippen MR) is 100.0 cm³/mol. The fourth-order valence-corrected chi connectivity index (χ4v) is 3.40. The molecule has 2 heterocycles. The molecule has 2 fully saturated rings. The Morgan fingerprint density at radius 2 is 0.958 bits per heavy atom. The third-order valence-corrected chi connectivity index (χ3v) is 6.57. The zero-order valence-corrected chi connectivity index (χ0v) is 17.4. The van der Waals surface area contributed by atoms with E-state index in [4.69, 9.17) is 18.6 Å². The highest BCUT2D eigenvalue weighted by Gasteiger charge is 2.62. The maximum atomic E-state index is 6.36. The lowest BCUT2D eigenvalue weighted by atomic mass is 9.46. The SMILES string of the molecule is CCCC(C)C(B1OC(C)(C)C(C)(C)O1)B1OC(C)(C)C(C)(C)O1. The zero-order chi connectivity index (χ0) is 18.6. The van der Waals surface area contributed by atoms with Crippen molar-refractivity contribution in [3.05, 3.63) is 0 Å². The third kappa shape index (κ3) is 3.44. The van der Waals surface area contributed by atoms with Crippen LogP contribution in [0.2, 0.25) is 5.72 Å². The summed E-state index contributed by atoms with van der Waals surface area (Å²) < 4.78 is 25.4. The van der Waals surface area contributed by atoms with Crippen molar-refractivity contribution in [2.75, 3.05) is 0 Å². The van der Waals surface area contributed by atoms with Gasteiger partial charge in [-0.2, -0.15) is 0 Å². The Balaban J connectivity index is 2.28. The topological polar surface area (TPSA) is 36.9 Å². The van der Waals surface area contributed by atoms with Crippen LogP contribution < -0.4 is 0 Å². The van der Waals surface area contributed by atoms with E-state index in [1.54, 1.807) is 0 Å². The van der Waals surface area contributed by atoms with Gasteiger partial charge >= 0.3 is 14.2 Å². The fourth-order valence-electron chi connectivity index (χ4n) is 3.40. The van der Waals surface area contributed by atoms with Crippen LogP contribution in [-0.2, 0) is 18.6 Å². The Kier molecular flexibility index (Phi) is 5.32. The van der Waals surface area contributed by atoms with Crippen LogP contribution in [0.25, 0.3) is 0 Å². The van der Waals surface area contributed by atoms with E-state index in [-0.39, 0.29) is 42.4 Å². The fraction of sp³-hybridized carbons (Fsp3) is 1.00. The number of hydrogen-bond acceptors (Lipinski definition) is 4. The first-order valence-electron chi connectivity index (χ1n) is 9.45. The Labute approximate surface area is 149 Å². The van der Waals surface area contributed by atoms with E-state index in [0.29, 0.717) is 5.92 Å². The first-order chi connectivity index (χ1) is 10.7. The van der Waals surface area contributed by atoms with Gasteiger partial charge in [-0.25, -0.2) is 0 Å². The Bertz CT molecular complexity index is 394. The molecule has 6 heteroatoms. The first-order valence-corrected chi connectivity index (χ1v) is 9.45. The average Bonchev–Trinajstić information content (AvgIpc) is 2.69. The molecule has 0 aromatic heterocycles. The molecule has 0 aromatic carbocycles. The van der Waals surface area contributed by atoms with Crippen LogP contribution in [0.15, 0.2) is 0 Å². The lowest BCUT2D eigenvalue weighted by molar-refractivity contribution is 0.00578. The summed E-state index contributed by atoms with van der Waals surface area (Å²) in [5, 5.41) is 0. The molecule has 2 saturated heterocycles. The molecule has 2 aliphatic rings. The Morgan fingerprint density at radius 1 is 0.667 bits per heavy atom. The van der Waals surface area contributed by atoms with E-state index >= 15 is 0 Å². The van der Waals surface area contributed by atoms with Crippen molar-refractivity contribution in [1.82, 2.24) is 0 Å². The second kappa shape index (κ2) is 6.29. The number of rotatable bonds is 5. The van der Waals surface area contributed by atoms with E-state index in [1.165, 1.54) is 0 Å². The molecule has 0 aromatic rings. The standard InChI is InChI=1S/C18H36B2O4/c1-11-12-13(2)14(19-21-15(3,4)16(5,6)22-19)20-23-17(7,8)18(9,10)24-20/h13-14H,11-12H2,1-10H3. The summed E-state index contributed by atoms with van der Waals surface area (Å²) in [6, 6.07) is 0. The third-order valence-electron chi connectivity index (χ3n) is 6.57. The van der Waals surface area contributed by atoms with Gasteiger partial charge in [0.25, 0.3) is 0 Å². The molecule has 4 nitrogen and oxygen atoms in total. The van der Waals surface area contributed by atoms with Crippen molar-refractivity contribution in [3.8, 4) is 0 Å². The van der Waals surface area contributed by atoms with Gasteiger partial charge < -0.3 is 18.6 Å². The molecule has 0 amide bonds. The highest BCUT2D eigenvalue weighted by molar-refractivity contribution is 6.68. The summed E-state index contributed by atoms with van der Waals surface area (Å²) in [5.74, 6) is 0.388. The van der Waals surface area contributed by atoms with Gasteiger partial charge in [-0.15, -0.1) is 0 Å². The van der Waals surface area contributed by atoms with Crippen molar-refractivity contribution in [2.24, 2.45) is 5.92 Å². The number of hydrogen-bond donors (Lipinski definition) is 0. The molecule has 0 aliphatic carbocycles. The summed E-state index contributed by atoms with van der Waals surface area (Å²) in [7, 11) is -0.627. The molecule has 24 heavy (non-hydrogen) atoms. The normalized spacial score (nSPS) is 28.6. The molecule has 0 spiro atoms. The quantitative estimate of drug-likeness (QED) is 0.691. The molecule has 0 N–H and O–H groups in total. The summed E-state index contributed by atoms with van der Waals surface area (Å²) >= 11 is 0. The molecular formula is C18H36B2O4. The van der Waals surface area contributed by atoms with E-state index in [0.717, 1.165) is 12.8 Å². The van der Waals surface area contributed by atoms with Crippen molar-refractivity contribution in [2.45, 2.75) is 110 Å². The van der Waals surface area contributed by atoms with Gasteiger partial charge in [0, 0.05) is 5.72 Å². The largest absolute Gasteiger partial charge is 0.459 e. The molecule has 0 bridgehead atoms. The van der Waals surface area contributed by atoms with Crippen molar-refractivity contribution in [1.29, 1.82) is 0 Å². The molecule has 2 rings (SSSR count).